The predicted molar refractivity (Wildman–Crippen MR) is 108 cm³/mol. The Bertz CT molecular complexity index is 917. The lowest BCUT2D eigenvalue weighted by Gasteiger charge is -2.35. The highest BCUT2D eigenvalue weighted by atomic mass is 16.2. The van der Waals surface area contributed by atoms with Gasteiger partial charge in [0.05, 0.1) is 22.8 Å². The molecule has 27 heavy (non-hydrogen) atoms. The molecule has 7 heteroatoms. The Morgan fingerprint density at radius 2 is 1.85 bits per heavy atom. The topological polar surface area (TPSA) is 77.2 Å². The number of piperazine rings is 1. The van der Waals surface area contributed by atoms with E-state index in [9.17, 15) is 4.79 Å². The van der Waals surface area contributed by atoms with E-state index in [1.54, 1.807) is 13.1 Å². The van der Waals surface area contributed by atoms with Gasteiger partial charge in [0.25, 0.3) is 0 Å². The van der Waals surface area contributed by atoms with Crippen LogP contribution >= 0.6 is 0 Å². The molecule has 3 aromatic heterocycles. The van der Waals surface area contributed by atoms with Gasteiger partial charge < -0.3 is 20.1 Å². The van der Waals surface area contributed by atoms with Crippen LogP contribution in [0.5, 0.6) is 0 Å². The first-order chi connectivity index (χ1) is 13.2. The quantitative estimate of drug-likeness (QED) is 0.690. The third kappa shape index (κ3) is 3.73. The van der Waals surface area contributed by atoms with Gasteiger partial charge in [-0.05, 0) is 38.1 Å². The number of aromatic nitrogens is 3. The second-order valence-corrected chi connectivity index (χ2v) is 7.05. The monoisotopic (exact) mass is 366 g/mol. The zero-order valence-electron chi connectivity index (χ0n) is 15.7. The molecule has 0 bridgehead atoms. The summed E-state index contributed by atoms with van der Waals surface area (Å²) in [6, 6.07) is 4.07. The first-order valence-corrected chi connectivity index (χ1v) is 9.65. The standard InChI is InChI=1S/C16H17N5O.C4H9N/c1-11(22)20-6-8-21(9-7-20)14-3-5-18-16-15(14)12-2-4-17-10-13(12)19-16;1-2-4-5-3-1/h2-5,10H,6-9H2,1H3,(H,18,19);5H,1-4H2. The maximum Gasteiger partial charge on any atom is 0.219 e. The van der Waals surface area contributed by atoms with Crippen LogP contribution in [0.3, 0.4) is 0 Å². The molecule has 0 spiro atoms. The maximum absolute atomic E-state index is 11.5. The Balaban J connectivity index is 0.000000314. The molecule has 0 atom stereocenters. The van der Waals surface area contributed by atoms with Gasteiger partial charge in [-0.1, -0.05) is 0 Å². The zero-order chi connectivity index (χ0) is 18.6. The highest BCUT2D eigenvalue weighted by molar-refractivity contribution is 6.11. The second-order valence-electron chi connectivity index (χ2n) is 7.05. The molecule has 7 nitrogen and oxygen atoms in total. The first-order valence-electron chi connectivity index (χ1n) is 9.65. The predicted octanol–water partition coefficient (Wildman–Crippen LogP) is 2.15. The number of H-pyrrole nitrogens is 1. The zero-order valence-corrected chi connectivity index (χ0v) is 15.7. The largest absolute Gasteiger partial charge is 0.367 e. The fourth-order valence-electron chi connectivity index (χ4n) is 3.80. The van der Waals surface area contributed by atoms with Crippen molar-refractivity contribution in [2.45, 2.75) is 19.8 Å². The molecule has 2 aliphatic rings. The molecule has 0 aromatic carbocycles. The summed E-state index contributed by atoms with van der Waals surface area (Å²) in [7, 11) is 0. The van der Waals surface area contributed by atoms with Gasteiger partial charge in [0.1, 0.15) is 5.65 Å². The molecular weight excluding hydrogens is 340 g/mol. The molecule has 0 aliphatic carbocycles. The number of carbonyl (C=O) groups is 1. The van der Waals surface area contributed by atoms with Crippen LogP contribution in [0, 0.1) is 0 Å². The number of aromatic amines is 1. The van der Waals surface area contributed by atoms with Gasteiger partial charge in [-0.2, -0.15) is 0 Å². The van der Waals surface area contributed by atoms with Crippen LogP contribution in [0.15, 0.2) is 30.7 Å². The lowest BCUT2D eigenvalue weighted by atomic mass is 10.1. The average Bonchev–Trinajstić information content (AvgIpc) is 3.39. The van der Waals surface area contributed by atoms with Crippen molar-refractivity contribution in [3.05, 3.63) is 30.7 Å². The molecule has 142 valence electrons. The fourth-order valence-corrected chi connectivity index (χ4v) is 3.80. The normalized spacial score (nSPS) is 17.2. The van der Waals surface area contributed by atoms with E-state index in [2.05, 4.69) is 31.2 Å². The summed E-state index contributed by atoms with van der Waals surface area (Å²) in [5.74, 6) is 0.151. The van der Waals surface area contributed by atoms with Crippen LogP contribution in [-0.2, 0) is 4.79 Å². The summed E-state index contributed by atoms with van der Waals surface area (Å²) in [6.45, 7) is 7.35. The van der Waals surface area contributed by atoms with E-state index in [4.69, 9.17) is 0 Å². The number of anilines is 1. The van der Waals surface area contributed by atoms with E-state index < -0.39 is 0 Å². The SMILES string of the molecule is C1CCNC1.CC(=O)N1CCN(c2ccnc3[nH]c4cnccc4c23)CC1. The van der Waals surface area contributed by atoms with Gasteiger partial charge in [0.2, 0.25) is 5.91 Å². The smallest absolute Gasteiger partial charge is 0.219 e. The minimum absolute atomic E-state index is 0.151. The molecule has 2 saturated heterocycles. The molecule has 2 aliphatic heterocycles. The number of nitrogens with zero attached hydrogens (tertiary/aromatic N) is 4. The molecule has 2 fully saturated rings. The molecular formula is C20H26N6O. The van der Waals surface area contributed by atoms with Crippen molar-refractivity contribution in [1.82, 2.24) is 25.2 Å². The van der Waals surface area contributed by atoms with Gasteiger partial charge in [0, 0.05) is 50.9 Å². The van der Waals surface area contributed by atoms with Gasteiger partial charge in [-0.25, -0.2) is 4.98 Å². The first kappa shape index (κ1) is 17.7. The third-order valence-corrected chi connectivity index (χ3v) is 5.30. The van der Waals surface area contributed by atoms with Crippen LogP contribution in [-0.4, -0.2) is 65.0 Å². The Morgan fingerprint density at radius 1 is 1.07 bits per heavy atom. The van der Waals surface area contributed by atoms with Gasteiger partial charge in [-0.15, -0.1) is 0 Å². The summed E-state index contributed by atoms with van der Waals surface area (Å²) in [4.78, 5) is 27.6. The lowest BCUT2D eigenvalue weighted by molar-refractivity contribution is -0.129. The molecule has 5 rings (SSSR count). The van der Waals surface area contributed by atoms with E-state index in [1.165, 1.54) is 31.6 Å². The van der Waals surface area contributed by atoms with Crippen molar-refractivity contribution in [1.29, 1.82) is 0 Å². The number of hydrogen-bond donors (Lipinski definition) is 2. The number of rotatable bonds is 1. The summed E-state index contributed by atoms with van der Waals surface area (Å²) in [5.41, 5.74) is 3.06. The highest BCUT2D eigenvalue weighted by Gasteiger charge is 2.21. The van der Waals surface area contributed by atoms with Crippen molar-refractivity contribution >= 4 is 33.5 Å². The molecule has 3 aromatic rings. The average molecular weight is 366 g/mol. The van der Waals surface area contributed by atoms with Crippen molar-refractivity contribution < 1.29 is 4.79 Å². The third-order valence-electron chi connectivity index (χ3n) is 5.30. The molecule has 0 unspecified atom stereocenters. The number of pyridine rings is 2. The number of hydrogen-bond acceptors (Lipinski definition) is 5. The van der Waals surface area contributed by atoms with Crippen molar-refractivity contribution in [2.24, 2.45) is 0 Å². The Kier molecular flexibility index (Phi) is 5.20. The minimum atomic E-state index is 0.151. The van der Waals surface area contributed by atoms with E-state index in [0.717, 1.165) is 48.1 Å². The minimum Gasteiger partial charge on any atom is -0.367 e. The van der Waals surface area contributed by atoms with Crippen LogP contribution in [0.1, 0.15) is 19.8 Å². The van der Waals surface area contributed by atoms with E-state index >= 15 is 0 Å². The van der Waals surface area contributed by atoms with Crippen LogP contribution in [0.25, 0.3) is 21.9 Å². The lowest BCUT2D eigenvalue weighted by Crippen LogP contribution is -2.48. The van der Waals surface area contributed by atoms with Crippen LogP contribution in [0.2, 0.25) is 0 Å². The van der Waals surface area contributed by atoms with E-state index in [1.807, 2.05) is 23.4 Å². The Morgan fingerprint density at radius 3 is 2.52 bits per heavy atom. The molecule has 5 heterocycles. The van der Waals surface area contributed by atoms with Gasteiger partial charge in [-0.3, -0.25) is 9.78 Å². The van der Waals surface area contributed by atoms with Gasteiger partial charge >= 0.3 is 0 Å². The Hall–Kier alpha value is -2.67. The summed E-state index contributed by atoms with van der Waals surface area (Å²) < 4.78 is 0. The summed E-state index contributed by atoms with van der Waals surface area (Å²) >= 11 is 0. The molecule has 0 saturated carbocycles. The van der Waals surface area contributed by atoms with E-state index in [0.29, 0.717) is 0 Å². The second kappa shape index (κ2) is 7.92. The summed E-state index contributed by atoms with van der Waals surface area (Å²) in [6.07, 6.45) is 8.24. The van der Waals surface area contributed by atoms with Crippen molar-refractivity contribution in [3.8, 4) is 0 Å². The van der Waals surface area contributed by atoms with Gasteiger partial charge in [0.15, 0.2) is 0 Å². The van der Waals surface area contributed by atoms with Crippen LogP contribution < -0.4 is 10.2 Å². The van der Waals surface area contributed by atoms with Crippen molar-refractivity contribution in [2.75, 3.05) is 44.2 Å². The Labute approximate surface area is 158 Å². The number of nitrogens with one attached hydrogen (secondary N) is 2. The molecule has 2 N–H and O–H groups in total. The molecule has 0 radical (unpaired) electrons. The van der Waals surface area contributed by atoms with Crippen molar-refractivity contribution in [3.63, 3.8) is 0 Å². The number of fused-ring (bicyclic) bond motifs is 3. The van der Waals surface area contributed by atoms with Crippen LogP contribution in [0.4, 0.5) is 5.69 Å². The fraction of sp³-hybridized carbons (Fsp3) is 0.450. The number of amides is 1. The highest BCUT2D eigenvalue weighted by Crippen LogP contribution is 2.32. The maximum atomic E-state index is 11.5. The molecule has 1 amide bonds. The summed E-state index contributed by atoms with van der Waals surface area (Å²) in [5, 5.41) is 5.50. The van der Waals surface area contributed by atoms with E-state index in [-0.39, 0.29) is 5.91 Å². The number of carbonyl (C=O) groups excluding carboxylic acids is 1.